The second-order valence-electron chi connectivity index (χ2n) is 5.01. The summed E-state index contributed by atoms with van der Waals surface area (Å²) >= 11 is 3.08. The summed E-state index contributed by atoms with van der Waals surface area (Å²) in [5.41, 5.74) is 1.33. The first kappa shape index (κ1) is 16.0. The predicted molar refractivity (Wildman–Crippen MR) is 94.3 cm³/mol. The SMILES string of the molecule is O=C(C1=C(O)C(=O)N(c2nncs2)C1c1ccc(I)o1)c1ccco1. The maximum absolute atomic E-state index is 12.8. The number of carbonyl (C=O) groups is 2. The number of aromatic nitrogens is 2. The maximum atomic E-state index is 12.8. The molecule has 0 saturated carbocycles. The zero-order valence-electron chi connectivity index (χ0n) is 12.2. The highest BCUT2D eigenvalue weighted by Crippen LogP contribution is 2.42. The van der Waals surface area contributed by atoms with Crippen molar-refractivity contribution in [1.29, 1.82) is 0 Å². The Morgan fingerprint density at radius 2 is 2.20 bits per heavy atom. The molecule has 1 unspecified atom stereocenters. The van der Waals surface area contributed by atoms with Crippen molar-refractivity contribution in [3.8, 4) is 0 Å². The zero-order valence-corrected chi connectivity index (χ0v) is 15.2. The first-order valence-corrected chi connectivity index (χ1v) is 8.90. The maximum Gasteiger partial charge on any atom is 0.296 e. The summed E-state index contributed by atoms with van der Waals surface area (Å²) in [6, 6.07) is 5.39. The number of halogens is 1. The number of Topliss-reactive ketones (excluding diaryl/α,β-unsaturated/α-hetero) is 1. The predicted octanol–water partition coefficient (Wildman–Crippen LogP) is 3.11. The number of anilines is 1. The highest BCUT2D eigenvalue weighted by atomic mass is 127. The van der Waals surface area contributed by atoms with E-state index in [-0.39, 0.29) is 16.5 Å². The number of amides is 1. The molecular weight excluding hydrogens is 461 g/mol. The Morgan fingerprint density at radius 3 is 2.80 bits per heavy atom. The van der Waals surface area contributed by atoms with Crippen LogP contribution >= 0.6 is 33.9 Å². The molecular formula is C15H8IN3O5S. The average molecular weight is 469 g/mol. The number of nitrogens with zero attached hydrogens (tertiary/aromatic N) is 3. The highest BCUT2D eigenvalue weighted by Gasteiger charge is 2.47. The molecule has 1 aliphatic heterocycles. The van der Waals surface area contributed by atoms with E-state index in [1.165, 1.54) is 22.7 Å². The number of hydrogen-bond donors (Lipinski definition) is 1. The third kappa shape index (κ3) is 2.57. The molecule has 10 heteroatoms. The number of aliphatic hydroxyl groups is 1. The van der Waals surface area contributed by atoms with Crippen molar-refractivity contribution < 1.29 is 23.5 Å². The van der Waals surface area contributed by atoms with Crippen LogP contribution in [0.25, 0.3) is 0 Å². The van der Waals surface area contributed by atoms with Crippen molar-refractivity contribution in [1.82, 2.24) is 10.2 Å². The molecule has 8 nitrogen and oxygen atoms in total. The first-order valence-electron chi connectivity index (χ1n) is 6.94. The van der Waals surface area contributed by atoms with Gasteiger partial charge in [0, 0.05) is 0 Å². The van der Waals surface area contributed by atoms with Crippen LogP contribution in [0.3, 0.4) is 0 Å². The van der Waals surface area contributed by atoms with Gasteiger partial charge in [-0.1, -0.05) is 11.3 Å². The van der Waals surface area contributed by atoms with Gasteiger partial charge in [0.15, 0.2) is 15.3 Å². The molecule has 3 aromatic heterocycles. The third-order valence-corrected chi connectivity index (χ3v) is 4.88. The van der Waals surface area contributed by atoms with Crippen molar-refractivity contribution >= 4 is 50.7 Å². The van der Waals surface area contributed by atoms with Crippen LogP contribution in [0.5, 0.6) is 0 Å². The van der Waals surface area contributed by atoms with Gasteiger partial charge in [0.1, 0.15) is 17.3 Å². The minimum absolute atomic E-state index is 0.0136. The van der Waals surface area contributed by atoms with Crippen LogP contribution in [0.4, 0.5) is 5.13 Å². The molecule has 4 heterocycles. The molecule has 0 bridgehead atoms. The Bertz CT molecular complexity index is 977. The Kier molecular flexibility index (Phi) is 3.92. The van der Waals surface area contributed by atoms with E-state index in [4.69, 9.17) is 8.83 Å². The topological polar surface area (TPSA) is 110 Å². The molecule has 0 fully saturated rings. The van der Waals surface area contributed by atoms with Crippen LogP contribution in [0.2, 0.25) is 0 Å². The molecule has 0 spiro atoms. The van der Waals surface area contributed by atoms with E-state index in [2.05, 4.69) is 10.2 Å². The van der Waals surface area contributed by atoms with Gasteiger partial charge < -0.3 is 13.9 Å². The van der Waals surface area contributed by atoms with Crippen LogP contribution in [0.15, 0.2) is 56.2 Å². The summed E-state index contributed by atoms with van der Waals surface area (Å²) in [5.74, 6) is -1.66. The second kappa shape index (κ2) is 6.11. The van der Waals surface area contributed by atoms with Crippen LogP contribution in [-0.2, 0) is 4.79 Å². The van der Waals surface area contributed by atoms with Gasteiger partial charge in [0.25, 0.3) is 5.91 Å². The molecule has 4 rings (SSSR count). The van der Waals surface area contributed by atoms with Crippen LogP contribution in [0.1, 0.15) is 22.4 Å². The molecule has 0 aromatic carbocycles. The largest absolute Gasteiger partial charge is 0.503 e. The summed E-state index contributed by atoms with van der Waals surface area (Å²) in [6.45, 7) is 0. The lowest BCUT2D eigenvalue weighted by molar-refractivity contribution is -0.117. The number of ketones is 1. The normalized spacial score (nSPS) is 17.6. The lowest BCUT2D eigenvalue weighted by Crippen LogP contribution is -2.30. The van der Waals surface area contributed by atoms with E-state index in [0.29, 0.717) is 9.53 Å². The molecule has 126 valence electrons. The first-order chi connectivity index (χ1) is 12.1. The quantitative estimate of drug-likeness (QED) is 0.462. The monoisotopic (exact) mass is 469 g/mol. The fourth-order valence-electron chi connectivity index (χ4n) is 2.59. The third-order valence-electron chi connectivity index (χ3n) is 3.62. The van der Waals surface area contributed by atoms with E-state index in [0.717, 1.165) is 11.3 Å². The number of aliphatic hydroxyl groups excluding tert-OH is 1. The lowest BCUT2D eigenvalue weighted by Gasteiger charge is -2.21. The number of carbonyl (C=O) groups excluding carboxylic acids is 2. The van der Waals surface area contributed by atoms with Crippen molar-refractivity contribution in [2.75, 3.05) is 4.90 Å². The fourth-order valence-corrected chi connectivity index (χ4v) is 3.61. The summed E-state index contributed by atoms with van der Waals surface area (Å²) in [5, 5.41) is 18.2. The molecule has 1 atom stereocenters. The number of hydrogen-bond acceptors (Lipinski definition) is 8. The Balaban J connectivity index is 1.87. The molecule has 1 N–H and O–H groups in total. The van der Waals surface area contributed by atoms with Crippen molar-refractivity contribution in [2.45, 2.75) is 6.04 Å². The van der Waals surface area contributed by atoms with Crippen LogP contribution in [-0.4, -0.2) is 27.0 Å². The summed E-state index contributed by atoms with van der Waals surface area (Å²) in [4.78, 5) is 26.6. The lowest BCUT2D eigenvalue weighted by atomic mass is 10.00. The van der Waals surface area contributed by atoms with E-state index >= 15 is 0 Å². The minimum Gasteiger partial charge on any atom is -0.503 e. The van der Waals surface area contributed by atoms with Gasteiger partial charge in [-0.15, -0.1) is 10.2 Å². The standard InChI is InChI=1S/C15H8IN3O5S/c16-9-4-3-7(24-9)11-10(12(20)8-2-1-5-23-8)13(21)14(22)19(11)15-18-17-6-25-15/h1-6,11,21H. The summed E-state index contributed by atoms with van der Waals surface area (Å²) in [7, 11) is 0. The van der Waals surface area contributed by atoms with E-state index in [1.807, 2.05) is 22.6 Å². The van der Waals surface area contributed by atoms with Crippen LogP contribution in [0, 0.1) is 3.77 Å². The average Bonchev–Trinajstić information content (AvgIpc) is 3.36. The summed E-state index contributed by atoms with van der Waals surface area (Å²) in [6.07, 6.45) is 1.34. The van der Waals surface area contributed by atoms with Gasteiger partial charge in [-0.25, -0.2) is 0 Å². The van der Waals surface area contributed by atoms with E-state index in [9.17, 15) is 14.7 Å². The molecule has 0 aliphatic carbocycles. The Morgan fingerprint density at radius 1 is 1.36 bits per heavy atom. The molecule has 25 heavy (non-hydrogen) atoms. The van der Waals surface area contributed by atoms with Crippen molar-refractivity contribution in [3.05, 3.63) is 62.7 Å². The van der Waals surface area contributed by atoms with Crippen molar-refractivity contribution in [2.24, 2.45) is 0 Å². The van der Waals surface area contributed by atoms with Gasteiger partial charge in [-0.2, -0.15) is 0 Å². The molecule has 0 radical (unpaired) electrons. The van der Waals surface area contributed by atoms with Gasteiger partial charge in [-0.05, 0) is 46.9 Å². The molecule has 0 saturated heterocycles. The molecule has 3 aromatic rings. The zero-order chi connectivity index (χ0) is 17.6. The van der Waals surface area contributed by atoms with Gasteiger partial charge >= 0.3 is 0 Å². The van der Waals surface area contributed by atoms with Gasteiger partial charge in [0.05, 0.1) is 11.8 Å². The van der Waals surface area contributed by atoms with Gasteiger partial charge in [-0.3, -0.25) is 14.5 Å². The fraction of sp³-hybridized carbons (Fsp3) is 0.0667. The van der Waals surface area contributed by atoms with Crippen LogP contribution < -0.4 is 4.90 Å². The van der Waals surface area contributed by atoms with Crippen molar-refractivity contribution in [3.63, 3.8) is 0 Å². The molecule has 1 amide bonds. The van der Waals surface area contributed by atoms with Gasteiger partial charge in [0.2, 0.25) is 10.9 Å². The van der Waals surface area contributed by atoms with E-state index < -0.39 is 23.5 Å². The number of rotatable bonds is 4. The second-order valence-corrected chi connectivity index (χ2v) is 6.88. The number of furan rings is 2. The minimum atomic E-state index is -0.957. The Hall–Kier alpha value is -2.47. The molecule has 1 aliphatic rings. The van der Waals surface area contributed by atoms with E-state index in [1.54, 1.807) is 18.2 Å². The smallest absolute Gasteiger partial charge is 0.296 e. The summed E-state index contributed by atoms with van der Waals surface area (Å²) < 4.78 is 11.3. The Labute approximate surface area is 157 Å². The highest BCUT2D eigenvalue weighted by molar-refractivity contribution is 14.1.